The van der Waals surface area contributed by atoms with Gasteiger partial charge in [-0.25, -0.2) is 9.98 Å². The number of rotatable bonds is 9. The van der Waals surface area contributed by atoms with Crippen LogP contribution < -0.4 is 25.0 Å². The van der Waals surface area contributed by atoms with Crippen LogP contribution in [0, 0.1) is 0 Å². The molecule has 0 saturated carbocycles. The van der Waals surface area contributed by atoms with Crippen molar-refractivity contribution in [3.63, 3.8) is 0 Å². The number of benzene rings is 1. The SMILES string of the molecule is CCNC(=NCc1ccnc(N2CCCC2)c1)NCCc1ccc(OC)c(OC)c1. The molecule has 0 aliphatic carbocycles. The van der Waals surface area contributed by atoms with Gasteiger partial charge in [0.2, 0.25) is 0 Å². The van der Waals surface area contributed by atoms with E-state index in [4.69, 9.17) is 14.5 Å². The highest BCUT2D eigenvalue weighted by Gasteiger charge is 2.13. The maximum atomic E-state index is 5.39. The summed E-state index contributed by atoms with van der Waals surface area (Å²) >= 11 is 0. The first-order valence-electron chi connectivity index (χ1n) is 10.7. The van der Waals surface area contributed by atoms with Crippen molar-refractivity contribution in [3.05, 3.63) is 47.7 Å². The number of ether oxygens (including phenoxy) is 2. The van der Waals surface area contributed by atoms with E-state index in [1.54, 1.807) is 14.2 Å². The van der Waals surface area contributed by atoms with Crippen LogP contribution >= 0.6 is 0 Å². The lowest BCUT2D eigenvalue weighted by molar-refractivity contribution is 0.354. The Morgan fingerprint density at radius 3 is 2.57 bits per heavy atom. The topological polar surface area (TPSA) is 71.0 Å². The van der Waals surface area contributed by atoms with Gasteiger partial charge in [0.1, 0.15) is 5.82 Å². The molecule has 1 aromatic heterocycles. The van der Waals surface area contributed by atoms with Gasteiger partial charge in [-0.1, -0.05) is 6.07 Å². The molecule has 1 aromatic carbocycles. The Kier molecular flexibility index (Phi) is 8.18. The zero-order valence-corrected chi connectivity index (χ0v) is 18.3. The molecule has 0 bridgehead atoms. The molecule has 1 aliphatic heterocycles. The fourth-order valence-corrected chi connectivity index (χ4v) is 3.55. The zero-order chi connectivity index (χ0) is 21.2. The van der Waals surface area contributed by atoms with E-state index in [9.17, 15) is 0 Å². The van der Waals surface area contributed by atoms with Gasteiger partial charge >= 0.3 is 0 Å². The summed E-state index contributed by atoms with van der Waals surface area (Å²) in [6, 6.07) is 10.2. The van der Waals surface area contributed by atoms with E-state index in [0.29, 0.717) is 6.54 Å². The van der Waals surface area contributed by atoms with E-state index in [0.717, 1.165) is 55.9 Å². The monoisotopic (exact) mass is 411 g/mol. The number of nitrogens with one attached hydrogen (secondary N) is 2. The Bertz CT molecular complexity index is 834. The summed E-state index contributed by atoms with van der Waals surface area (Å²) < 4.78 is 10.7. The van der Waals surface area contributed by atoms with Crippen molar-refractivity contribution in [2.45, 2.75) is 32.7 Å². The summed E-state index contributed by atoms with van der Waals surface area (Å²) in [6.45, 7) is 6.48. The number of anilines is 1. The minimum Gasteiger partial charge on any atom is -0.493 e. The van der Waals surface area contributed by atoms with Crippen LogP contribution in [0.2, 0.25) is 0 Å². The van der Waals surface area contributed by atoms with Crippen LogP contribution in [0.5, 0.6) is 11.5 Å². The van der Waals surface area contributed by atoms with E-state index in [2.05, 4.69) is 39.6 Å². The van der Waals surface area contributed by atoms with Gasteiger partial charge < -0.3 is 25.0 Å². The molecule has 1 aliphatic rings. The Labute approximate surface area is 179 Å². The molecule has 7 heteroatoms. The van der Waals surface area contributed by atoms with Gasteiger partial charge in [0, 0.05) is 32.4 Å². The van der Waals surface area contributed by atoms with Crippen LogP contribution in [0.1, 0.15) is 30.9 Å². The van der Waals surface area contributed by atoms with Gasteiger partial charge in [-0.15, -0.1) is 0 Å². The maximum Gasteiger partial charge on any atom is 0.191 e. The number of aromatic nitrogens is 1. The second-order valence-electron chi connectivity index (χ2n) is 7.28. The average molecular weight is 412 g/mol. The quantitative estimate of drug-likeness (QED) is 0.488. The molecule has 1 fully saturated rings. The van der Waals surface area contributed by atoms with Crippen molar-refractivity contribution in [1.29, 1.82) is 0 Å². The molecule has 1 saturated heterocycles. The van der Waals surface area contributed by atoms with Crippen LogP contribution in [-0.2, 0) is 13.0 Å². The Balaban J connectivity index is 1.56. The molecule has 0 radical (unpaired) electrons. The predicted octanol–water partition coefficient (Wildman–Crippen LogP) is 3.00. The lowest BCUT2D eigenvalue weighted by Gasteiger charge is -2.16. The molecule has 0 amide bonds. The first kappa shape index (κ1) is 21.7. The molecule has 2 N–H and O–H groups in total. The smallest absolute Gasteiger partial charge is 0.191 e. The van der Waals surface area contributed by atoms with Crippen molar-refractivity contribution >= 4 is 11.8 Å². The third-order valence-corrected chi connectivity index (χ3v) is 5.16. The van der Waals surface area contributed by atoms with Crippen molar-refractivity contribution in [2.24, 2.45) is 4.99 Å². The summed E-state index contributed by atoms with van der Waals surface area (Å²) in [7, 11) is 3.30. The molecule has 2 aromatic rings. The summed E-state index contributed by atoms with van der Waals surface area (Å²) in [6.07, 6.45) is 5.24. The van der Waals surface area contributed by atoms with E-state index >= 15 is 0 Å². The minimum atomic E-state index is 0.620. The number of pyridine rings is 1. The Morgan fingerprint density at radius 2 is 1.83 bits per heavy atom. The van der Waals surface area contributed by atoms with Crippen molar-refractivity contribution in [2.75, 3.05) is 45.3 Å². The molecule has 0 unspecified atom stereocenters. The average Bonchev–Trinajstić information content (AvgIpc) is 3.32. The van der Waals surface area contributed by atoms with Gasteiger partial charge in [-0.3, -0.25) is 0 Å². The Hall–Kier alpha value is -2.96. The molecular formula is C23H33N5O2. The molecule has 0 spiro atoms. The van der Waals surface area contributed by atoms with Crippen LogP contribution in [0.4, 0.5) is 5.82 Å². The van der Waals surface area contributed by atoms with Crippen LogP contribution in [0.3, 0.4) is 0 Å². The fourth-order valence-electron chi connectivity index (χ4n) is 3.55. The molecule has 2 heterocycles. The Morgan fingerprint density at radius 1 is 1.03 bits per heavy atom. The highest BCUT2D eigenvalue weighted by atomic mass is 16.5. The summed E-state index contributed by atoms with van der Waals surface area (Å²) in [5.74, 6) is 3.38. The number of methoxy groups -OCH3 is 2. The summed E-state index contributed by atoms with van der Waals surface area (Å²) in [5, 5.41) is 6.73. The fraction of sp³-hybridized carbons (Fsp3) is 0.478. The third-order valence-electron chi connectivity index (χ3n) is 5.16. The molecule has 162 valence electrons. The number of aliphatic imine (C=N–C) groups is 1. The molecule has 30 heavy (non-hydrogen) atoms. The second-order valence-corrected chi connectivity index (χ2v) is 7.28. The number of nitrogens with zero attached hydrogens (tertiary/aromatic N) is 3. The number of guanidine groups is 1. The van der Waals surface area contributed by atoms with E-state index in [1.165, 1.54) is 24.0 Å². The van der Waals surface area contributed by atoms with E-state index in [1.807, 2.05) is 24.4 Å². The van der Waals surface area contributed by atoms with Crippen molar-refractivity contribution in [1.82, 2.24) is 15.6 Å². The van der Waals surface area contributed by atoms with Crippen LogP contribution in [0.15, 0.2) is 41.5 Å². The van der Waals surface area contributed by atoms with Crippen molar-refractivity contribution < 1.29 is 9.47 Å². The lowest BCUT2D eigenvalue weighted by Crippen LogP contribution is -2.38. The van der Waals surface area contributed by atoms with Gasteiger partial charge in [-0.05, 0) is 61.6 Å². The third kappa shape index (κ3) is 6.02. The number of hydrogen-bond donors (Lipinski definition) is 2. The largest absolute Gasteiger partial charge is 0.493 e. The zero-order valence-electron chi connectivity index (χ0n) is 18.3. The van der Waals surface area contributed by atoms with Gasteiger partial charge in [0.15, 0.2) is 17.5 Å². The van der Waals surface area contributed by atoms with Crippen LogP contribution in [0.25, 0.3) is 0 Å². The first-order chi connectivity index (χ1) is 14.7. The van der Waals surface area contributed by atoms with E-state index in [-0.39, 0.29) is 0 Å². The number of hydrogen-bond acceptors (Lipinski definition) is 5. The van der Waals surface area contributed by atoms with Gasteiger partial charge in [0.25, 0.3) is 0 Å². The summed E-state index contributed by atoms with van der Waals surface area (Å²) in [5.41, 5.74) is 2.35. The van der Waals surface area contributed by atoms with Gasteiger partial charge in [-0.2, -0.15) is 0 Å². The first-order valence-corrected chi connectivity index (χ1v) is 10.7. The molecular weight excluding hydrogens is 378 g/mol. The minimum absolute atomic E-state index is 0.620. The van der Waals surface area contributed by atoms with E-state index < -0.39 is 0 Å². The second kappa shape index (κ2) is 11.3. The standard InChI is InChI=1S/C23H33N5O2/c1-4-24-23(26-12-9-18-7-8-20(29-2)21(15-18)30-3)27-17-19-10-11-25-22(16-19)28-13-5-6-14-28/h7-8,10-11,15-16H,4-6,9,12-14,17H2,1-3H3,(H2,24,26,27). The highest BCUT2D eigenvalue weighted by Crippen LogP contribution is 2.27. The molecule has 7 nitrogen and oxygen atoms in total. The maximum absolute atomic E-state index is 5.39. The highest BCUT2D eigenvalue weighted by molar-refractivity contribution is 5.79. The summed E-state index contributed by atoms with van der Waals surface area (Å²) in [4.78, 5) is 11.6. The lowest BCUT2D eigenvalue weighted by atomic mass is 10.1. The van der Waals surface area contributed by atoms with Crippen molar-refractivity contribution in [3.8, 4) is 11.5 Å². The molecule has 3 rings (SSSR count). The predicted molar refractivity (Wildman–Crippen MR) is 122 cm³/mol. The molecule has 0 atom stereocenters. The normalized spacial score (nSPS) is 14.0. The van der Waals surface area contributed by atoms with Gasteiger partial charge in [0.05, 0.1) is 20.8 Å². The van der Waals surface area contributed by atoms with Crippen LogP contribution in [-0.4, -0.2) is 51.3 Å².